The van der Waals surface area contributed by atoms with Crippen LogP contribution in [0.2, 0.25) is 5.02 Å². The highest BCUT2D eigenvalue weighted by Gasteiger charge is 2.68. The number of ether oxygens (including phenoxy) is 2. The molecule has 3 aliphatic heterocycles. The number of imide groups is 2. The van der Waals surface area contributed by atoms with Crippen LogP contribution < -0.4 is 19.4 Å². The molecule has 6 atom stereocenters. The van der Waals surface area contributed by atoms with Crippen molar-refractivity contribution in [3.63, 3.8) is 0 Å². The number of morpholine rings is 1. The highest BCUT2D eigenvalue weighted by molar-refractivity contribution is 6.32. The minimum atomic E-state index is -1.33. The normalized spacial score (nSPS) is 28.8. The molecule has 51 heavy (non-hydrogen) atoms. The molecule has 8 rings (SSSR count). The lowest BCUT2D eigenvalue weighted by Crippen LogP contribution is -2.49. The van der Waals surface area contributed by atoms with E-state index in [4.69, 9.17) is 21.1 Å². The molecule has 10 nitrogen and oxygen atoms in total. The molecule has 12 heteroatoms. The highest BCUT2D eigenvalue weighted by atomic mass is 35.5. The predicted octanol–water partition coefficient (Wildman–Crippen LogP) is 5.12. The molecular weight excluding hydrogens is 677 g/mol. The molecule has 3 saturated heterocycles. The maximum Gasteiger partial charge on any atom is 0.241 e. The number of rotatable bonds is 7. The summed E-state index contributed by atoms with van der Waals surface area (Å²) in [5.74, 6) is -5.28. The number of nitrogens with zero attached hydrogens (tertiary/aromatic N) is 3. The molecule has 0 bridgehead atoms. The second-order valence-corrected chi connectivity index (χ2v) is 14.4. The van der Waals surface area contributed by atoms with E-state index in [0.29, 0.717) is 36.6 Å². The third-order valence-electron chi connectivity index (χ3n) is 11.5. The monoisotopic (exact) mass is 713 g/mol. The fraction of sp³-hybridized carbons (Fsp3) is 0.385. The zero-order chi connectivity index (χ0) is 35.6. The van der Waals surface area contributed by atoms with Gasteiger partial charge in [0.05, 0.1) is 59.4 Å². The summed E-state index contributed by atoms with van der Waals surface area (Å²) in [5, 5.41) is 9.37. The Morgan fingerprint density at radius 2 is 1.61 bits per heavy atom. The number of carbonyl (C=O) groups excluding carboxylic acids is 4. The predicted molar refractivity (Wildman–Crippen MR) is 187 cm³/mol. The first-order valence-electron chi connectivity index (χ1n) is 17.3. The molecule has 2 aliphatic carbocycles. The van der Waals surface area contributed by atoms with Crippen molar-refractivity contribution in [2.75, 3.05) is 54.2 Å². The smallest absolute Gasteiger partial charge is 0.241 e. The van der Waals surface area contributed by atoms with Crippen molar-refractivity contribution < 1.29 is 38.1 Å². The van der Waals surface area contributed by atoms with Crippen LogP contribution in [-0.2, 0) is 23.9 Å². The molecule has 4 amide bonds. The lowest BCUT2D eigenvalue weighted by molar-refractivity contribution is -0.131. The van der Waals surface area contributed by atoms with Gasteiger partial charge in [-0.25, -0.2) is 9.29 Å². The van der Waals surface area contributed by atoms with Crippen LogP contribution in [0, 0.1) is 34.9 Å². The molecule has 0 radical (unpaired) electrons. The molecule has 3 aromatic carbocycles. The van der Waals surface area contributed by atoms with Crippen molar-refractivity contribution in [1.82, 2.24) is 0 Å². The fourth-order valence-corrected chi connectivity index (χ4v) is 9.30. The number of carbonyl (C=O) groups is 4. The van der Waals surface area contributed by atoms with E-state index in [-0.39, 0.29) is 42.2 Å². The van der Waals surface area contributed by atoms with Crippen LogP contribution in [0.3, 0.4) is 0 Å². The molecule has 1 N–H and O–H groups in total. The van der Waals surface area contributed by atoms with Crippen LogP contribution in [-0.4, -0.2) is 68.3 Å². The first-order chi connectivity index (χ1) is 24.6. The van der Waals surface area contributed by atoms with E-state index in [9.17, 15) is 28.7 Å². The Morgan fingerprint density at radius 3 is 2.33 bits per heavy atom. The van der Waals surface area contributed by atoms with Crippen LogP contribution in [0.25, 0.3) is 0 Å². The molecule has 3 aromatic rings. The third-order valence-corrected chi connectivity index (χ3v) is 11.8. The topological polar surface area (TPSA) is 117 Å². The van der Waals surface area contributed by atoms with Crippen LogP contribution >= 0.6 is 11.6 Å². The number of aliphatic hydroxyl groups excluding tert-OH is 1. The van der Waals surface area contributed by atoms with Gasteiger partial charge in [0.25, 0.3) is 0 Å². The summed E-state index contributed by atoms with van der Waals surface area (Å²) < 4.78 is 25.7. The first kappa shape index (κ1) is 33.6. The molecule has 264 valence electrons. The van der Waals surface area contributed by atoms with Crippen molar-refractivity contribution in [1.29, 1.82) is 0 Å². The van der Waals surface area contributed by atoms with E-state index in [2.05, 4.69) is 4.90 Å². The Balaban J connectivity index is 1.20. The van der Waals surface area contributed by atoms with Gasteiger partial charge < -0.3 is 19.5 Å². The summed E-state index contributed by atoms with van der Waals surface area (Å²) >= 11 is 6.12. The minimum Gasteiger partial charge on any atom is -0.491 e. The number of anilines is 3. The van der Waals surface area contributed by atoms with E-state index in [1.807, 2.05) is 30.3 Å². The maximum atomic E-state index is 14.7. The average Bonchev–Trinajstić information content (AvgIpc) is 3.52. The SMILES string of the molecule is CC12C(=O)N(c3ccc(F)c(Cl)c3)C(=O)C1CC1C(=CCC3C(=O)N(c4ccc(N5CCOCC5)cc4)C(=O)C31)C2c1ccccc1OCCO. The van der Waals surface area contributed by atoms with E-state index >= 15 is 0 Å². The van der Waals surface area contributed by atoms with Crippen molar-refractivity contribution in [2.24, 2.45) is 29.1 Å². The second kappa shape index (κ2) is 12.9. The van der Waals surface area contributed by atoms with Gasteiger partial charge in [-0.2, -0.15) is 0 Å². The largest absolute Gasteiger partial charge is 0.491 e. The lowest BCUT2D eigenvalue weighted by atomic mass is 9.51. The molecule has 0 aromatic heterocycles. The maximum absolute atomic E-state index is 14.7. The zero-order valence-corrected chi connectivity index (χ0v) is 28.7. The number of halogens is 2. The number of aliphatic hydroxyl groups is 1. The summed E-state index contributed by atoms with van der Waals surface area (Å²) in [6.45, 7) is 4.32. The zero-order valence-electron chi connectivity index (χ0n) is 28.0. The number of allylic oxidation sites excluding steroid dienone is 2. The Kier molecular flexibility index (Phi) is 8.47. The second-order valence-electron chi connectivity index (χ2n) is 14.0. The van der Waals surface area contributed by atoms with Gasteiger partial charge in [-0.1, -0.05) is 41.4 Å². The summed E-state index contributed by atoms with van der Waals surface area (Å²) in [4.78, 5) is 62.3. The Hall–Kier alpha value is -4.58. The third kappa shape index (κ3) is 5.19. The lowest BCUT2D eigenvalue weighted by Gasteiger charge is -2.49. The molecule has 5 aliphatic rings. The van der Waals surface area contributed by atoms with Gasteiger partial charge in [0.1, 0.15) is 18.2 Å². The number of hydrogen-bond acceptors (Lipinski definition) is 8. The standard InChI is InChI=1S/C39H37ClFN3O7/c1-39-29(36(47)44(38(39)49)24-10-13-31(41)30(40)20-24)21-28-25(34(39)26-4-2-3-5-32(26)51-19-16-45)11-12-27-33(28)37(48)43(35(27)46)23-8-6-22(7-9-23)42-14-17-50-18-15-42/h2-11,13,20,27-29,33-34,45H,12,14-19,21H2,1H3. The van der Waals surface area contributed by atoms with Crippen LogP contribution in [0.4, 0.5) is 21.5 Å². The summed E-state index contributed by atoms with van der Waals surface area (Å²) in [6.07, 6.45) is 2.43. The first-order valence-corrected chi connectivity index (χ1v) is 17.7. The van der Waals surface area contributed by atoms with Crippen LogP contribution in [0.15, 0.2) is 78.4 Å². The van der Waals surface area contributed by atoms with Gasteiger partial charge in [0.2, 0.25) is 23.6 Å². The van der Waals surface area contributed by atoms with E-state index in [1.54, 1.807) is 31.2 Å². The van der Waals surface area contributed by atoms with Crippen LogP contribution in [0.1, 0.15) is 31.2 Å². The van der Waals surface area contributed by atoms with Gasteiger partial charge in [-0.15, -0.1) is 0 Å². The van der Waals surface area contributed by atoms with E-state index < -0.39 is 52.6 Å². The highest BCUT2D eigenvalue weighted by Crippen LogP contribution is 2.64. The fourth-order valence-electron chi connectivity index (χ4n) is 9.12. The molecule has 1 saturated carbocycles. The number of para-hydroxylation sites is 1. The van der Waals surface area contributed by atoms with E-state index in [0.717, 1.165) is 35.3 Å². The quantitative estimate of drug-likeness (QED) is 0.265. The van der Waals surface area contributed by atoms with Gasteiger partial charge in [-0.05, 0) is 74.2 Å². The average molecular weight is 714 g/mol. The number of fused-ring (bicyclic) bond motifs is 4. The molecular formula is C39H37ClFN3O7. The summed E-state index contributed by atoms with van der Waals surface area (Å²) in [7, 11) is 0. The molecule has 6 unspecified atom stereocenters. The van der Waals surface area contributed by atoms with Gasteiger partial charge >= 0.3 is 0 Å². The number of hydrogen-bond donors (Lipinski definition) is 1. The van der Waals surface area contributed by atoms with Gasteiger partial charge in [-0.3, -0.25) is 24.1 Å². The number of amides is 4. The Morgan fingerprint density at radius 1 is 0.902 bits per heavy atom. The van der Waals surface area contributed by atoms with E-state index in [1.165, 1.54) is 17.0 Å². The van der Waals surface area contributed by atoms with Crippen molar-refractivity contribution in [3.05, 3.63) is 94.8 Å². The minimum absolute atomic E-state index is 0.0103. The van der Waals surface area contributed by atoms with Crippen LogP contribution in [0.5, 0.6) is 5.75 Å². The Bertz CT molecular complexity index is 1960. The Labute approximate surface area is 299 Å². The van der Waals surface area contributed by atoms with Gasteiger partial charge in [0.15, 0.2) is 0 Å². The van der Waals surface area contributed by atoms with Crippen molar-refractivity contribution in [3.8, 4) is 5.75 Å². The summed E-state index contributed by atoms with van der Waals surface area (Å²) in [5.41, 5.74) is 1.75. The van der Waals surface area contributed by atoms with Gasteiger partial charge in [0, 0.05) is 30.3 Å². The number of benzene rings is 3. The summed E-state index contributed by atoms with van der Waals surface area (Å²) in [6, 6.07) is 18.4. The molecule has 0 spiro atoms. The molecule has 4 fully saturated rings. The molecule has 3 heterocycles. The van der Waals surface area contributed by atoms with Crippen molar-refractivity contribution in [2.45, 2.75) is 25.7 Å². The van der Waals surface area contributed by atoms with Crippen molar-refractivity contribution >= 4 is 52.3 Å².